The third-order valence-corrected chi connectivity index (χ3v) is 10.9. The first-order chi connectivity index (χ1) is 21.5. The maximum atomic E-state index is 14.5. The smallest absolute Gasteiger partial charge is 0.270 e. The summed E-state index contributed by atoms with van der Waals surface area (Å²) in [6.07, 6.45) is 3.40. The number of fused-ring (bicyclic) bond motifs is 1. The van der Waals surface area contributed by atoms with Gasteiger partial charge in [-0.2, -0.15) is 5.26 Å². The Labute approximate surface area is 270 Å². The van der Waals surface area contributed by atoms with Gasteiger partial charge in [-0.3, -0.25) is 4.79 Å². The van der Waals surface area contributed by atoms with Crippen molar-refractivity contribution >= 4 is 42.1 Å². The van der Waals surface area contributed by atoms with E-state index in [-0.39, 0.29) is 35.8 Å². The maximum Gasteiger partial charge on any atom is 0.270 e. The number of nitrogens with zero attached hydrogens (tertiary/aromatic N) is 5. The highest BCUT2D eigenvalue weighted by atomic mass is 35.5. The number of aromatic nitrogens is 2. The number of hydrogen-bond donors (Lipinski definition) is 0. The molecule has 0 amide bonds. The molecule has 0 unspecified atom stereocenters. The van der Waals surface area contributed by atoms with E-state index in [4.69, 9.17) is 25.8 Å². The topological polar surface area (TPSA) is 92.9 Å². The van der Waals surface area contributed by atoms with Crippen LogP contribution in [0.5, 0.6) is 5.75 Å². The molecule has 2 aromatic heterocycles. The number of benzene rings is 1. The van der Waals surface area contributed by atoms with Crippen molar-refractivity contribution in [1.29, 1.82) is 5.26 Å². The van der Waals surface area contributed by atoms with E-state index in [1.54, 1.807) is 19.2 Å². The first-order valence-corrected chi connectivity index (χ1v) is 19.7. The van der Waals surface area contributed by atoms with E-state index in [9.17, 15) is 14.4 Å². The predicted molar refractivity (Wildman–Crippen MR) is 179 cm³/mol. The third-order valence-electron chi connectivity index (χ3n) is 8.99. The monoisotopic (exact) mass is 655 g/mol. The summed E-state index contributed by atoms with van der Waals surface area (Å²) in [5, 5.41) is 10.3. The molecule has 0 spiro atoms. The van der Waals surface area contributed by atoms with E-state index >= 15 is 0 Å². The Bertz CT molecular complexity index is 1610. The summed E-state index contributed by atoms with van der Waals surface area (Å²) in [6.45, 7) is 9.78. The first kappa shape index (κ1) is 33.2. The van der Waals surface area contributed by atoms with Crippen LogP contribution in [-0.2, 0) is 16.5 Å². The Kier molecular flexibility index (Phi) is 10.4. The predicted octanol–water partition coefficient (Wildman–Crippen LogP) is 6.19. The molecule has 1 aliphatic heterocycles. The third kappa shape index (κ3) is 7.63. The molecule has 5 rings (SSSR count). The molecule has 3 heterocycles. The largest absolute Gasteiger partial charge is 0.465 e. The lowest BCUT2D eigenvalue weighted by molar-refractivity contribution is -0.0287. The molecule has 45 heavy (non-hydrogen) atoms. The van der Waals surface area contributed by atoms with Gasteiger partial charge in [0, 0.05) is 59.4 Å². The highest BCUT2D eigenvalue weighted by molar-refractivity contribution is 6.76. The Morgan fingerprint density at radius 2 is 1.87 bits per heavy atom. The van der Waals surface area contributed by atoms with Gasteiger partial charge in [0.25, 0.3) is 5.56 Å². The highest BCUT2D eigenvalue weighted by Gasteiger charge is 2.34. The number of ether oxygens (including phenoxy) is 3. The van der Waals surface area contributed by atoms with Crippen molar-refractivity contribution in [3.63, 3.8) is 0 Å². The average Bonchev–Trinajstić information content (AvgIpc) is 2.98. The lowest BCUT2D eigenvalue weighted by Gasteiger charge is -2.44. The van der Waals surface area contributed by atoms with Crippen LogP contribution >= 0.6 is 11.6 Å². The molecule has 2 fully saturated rings. The molecule has 242 valence electrons. The normalized spacial score (nSPS) is 18.8. The van der Waals surface area contributed by atoms with Crippen molar-refractivity contribution in [2.75, 3.05) is 50.0 Å². The van der Waals surface area contributed by atoms with Crippen LogP contribution in [0.2, 0.25) is 30.8 Å². The van der Waals surface area contributed by atoms with Crippen molar-refractivity contribution in [1.82, 2.24) is 9.55 Å². The summed E-state index contributed by atoms with van der Waals surface area (Å²) in [5.41, 5.74) is 2.26. The molecule has 3 aromatic rings. The number of aryl methyl sites for hydroxylation is 1. The Hall–Kier alpha value is -3.17. The summed E-state index contributed by atoms with van der Waals surface area (Å²) in [5.74, 6) is 0.518. The van der Waals surface area contributed by atoms with E-state index in [0.29, 0.717) is 53.4 Å². The van der Waals surface area contributed by atoms with E-state index < -0.39 is 8.07 Å². The molecule has 1 saturated heterocycles. The van der Waals surface area contributed by atoms with Crippen LogP contribution in [0, 0.1) is 23.1 Å². The summed E-state index contributed by atoms with van der Waals surface area (Å²) < 4.78 is 33.2. The zero-order valence-corrected chi connectivity index (χ0v) is 28.6. The molecule has 1 aromatic carbocycles. The van der Waals surface area contributed by atoms with Crippen molar-refractivity contribution in [3.8, 4) is 11.8 Å². The molecule has 0 N–H and O–H groups in total. The standard InChI is InChI=1S/C33H43ClFN5O4Si/c1-38(32-26(17-36)33(41)39(2)28-12-13-30(34)37-31(28)32)24-7-9-25(10-8-24)40(18-22-19-43-20-22)27-11-6-23(35)16-29(27)44-21-42-14-15-45(3,4)5/h6,11-13,16,22,24-25H,7-10,14-15,18-21H2,1-5H3/t24-,25-. The minimum Gasteiger partial charge on any atom is -0.465 e. The van der Waals surface area contributed by atoms with Gasteiger partial charge in [0.1, 0.15) is 33.9 Å². The lowest BCUT2D eigenvalue weighted by atomic mass is 9.88. The van der Waals surface area contributed by atoms with Gasteiger partial charge in [-0.05, 0) is 56.0 Å². The van der Waals surface area contributed by atoms with Crippen LogP contribution in [0.15, 0.2) is 35.1 Å². The molecule has 9 nitrogen and oxygen atoms in total. The van der Waals surface area contributed by atoms with Crippen LogP contribution in [-0.4, -0.2) is 69.9 Å². The fourth-order valence-electron chi connectivity index (χ4n) is 6.25. The lowest BCUT2D eigenvalue weighted by Crippen LogP contribution is -2.48. The van der Waals surface area contributed by atoms with E-state index in [2.05, 4.69) is 35.6 Å². The van der Waals surface area contributed by atoms with Crippen LogP contribution in [0.25, 0.3) is 11.0 Å². The highest BCUT2D eigenvalue weighted by Crippen LogP contribution is 2.38. The quantitative estimate of drug-likeness (QED) is 0.0988. The number of nitriles is 1. The van der Waals surface area contributed by atoms with Gasteiger partial charge in [0.2, 0.25) is 0 Å². The zero-order chi connectivity index (χ0) is 32.3. The molecule has 1 saturated carbocycles. The SMILES string of the molecule is Cn1c(=O)c(C#N)c(N(C)[C@H]2CC[C@H](N(CC3COC3)c3ccc(F)cc3OCOCC[Si](C)(C)C)CC2)c2nc(Cl)ccc21. The number of anilines is 2. The van der Waals surface area contributed by atoms with Crippen molar-refractivity contribution in [3.05, 3.63) is 57.2 Å². The number of pyridine rings is 2. The van der Waals surface area contributed by atoms with Gasteiger partial charge in [0.15, 0.2) is 6.79 Å². The van der Waals surface area contributed by atoms with E-state index in [0.717, 1.165) is 44.0 Å². The van der Waals surface area contributed by atoms with Gasteiger partial charge < -0.3 is 28.6 Å². The zero-order valence-electron chi connectivity index (χ0n) is 26.8. The van der Waals surface area contributed by atoms with Crippen LogP contribution in [0.3, 0.4) is 0 Å². The van der Waals surface area contributed by atoms with E-state index in [1.165, 1.54) is 16.7 Å². The van der Waals surface area contributed by atoms with Crippen LogP contribution < -0.4 is 20.1 Å². The summed E-state index contributed by atoms with van der Waals surface area (Å²) >= 11 is 6.27. The molecule has 12 heteroatoms. The number of halogens is 2. The average molecular weight is 656 g/mol. The second-order valence-corrected chi connectivity index (χ2v) is 19.4. The first-order valence-electron chi connectivity index (χ1n) is 15.6. The molecule has 0 bridgehead atoms. The van der Waals surface area contributed by atoms with Crippen molar-refractivity contribution in [2.45, 2.75) is 63.5 Å². The summed E-state index contributed by atoms with van der Waals surface area (Å²) in [6, 6.07) is 11.6. The maximum absolute atomic E-state index is 14.5. The Balaban J connectivity index is 1.35. The van der Waals surface area contributed by atoms with Crippen LogP contribution in [0.4, 0.5) is 15.8 Å². The van der Waals surface area contributed by atoms with E-state index in [1.807, 2.05) is 18.0 Å². The fourth-order valence-corrected chi connectivity index (χ4v) is 7.15. The Morgan fingerprint density at radius 1 is 1.16 bits per heavy atom. The molecule has 0 radical (unpaired) electrons. The van der Waals surface area contributed by atoms with Gasteiger partial charge in [0.05, 0.1) is 30.1 Å². The summed E-state index contributed by atoms with van der Waals surface area (Å²) in [7, 11) is 2.34. The molecular weight excluding hydrogens is 613 g/mol. The summed E-state index contributed by atoms with van der Waals surface area (Å²) in [4.78, 5) is 22.1. The molecule has 0 atom stereocenters. The van der Waals surface area contributed by atoms with Crippen molar-refractivity contribution in [2.24, 2.45) is 13.0 Å². The van der Waals surface area contributed by atoms with Gasteiger partial charge in [-0.15, -0.1) is 0 Å². The molecule has 2 aliphatic rings. The fraction of sp³-hybridized carbons (Fsp3) is 0.545. The van der Waals surface area contributed by atoms with Gasteiger partial charge in [-0.1, -0.05) is 31.2 Å². The van der Waals surface area contributed by atoms with Crippen molar-refractivity contribution < 1.29 is 18.6 Å². The molecule has 1 aliphatic carbocycles. The number of rotatable bonds is 12. The number of hydrogen-bond acceptors (Lipinski definition) is 8. The second kappa shape index (κ2) is 14.1. The minimum atomic E-state index is -1.23. The van der Waals surface area contributed by atoms with Gasteiger partial charge in [-0.25, -0.2) is 9.37 Å². The Morgan fingerprint density at radius 3 is 2.51 bits per heavy atom. The van der Waals surface area contributed by atoms with Gasteiger partial charge >= 0.3 is 0 Å². The minimum absolute atomic E-state index is 0.0659. The second-order valence-electron chi connectivity index (χ2n) is 13.4. The molecular formula is C33H43ClFN5O4Si. The van der Waals surface area contributed by atoms with Crippen LogP contribution in [0.1, 0.15) is 31.2 Å².